The fourth-order valence-corrected chi connectivity index (χ4v) is 3.52. The summed E-state index contributed by atoms with van der Waals surface area (Å²) in [5, 5.41) is 3.56. The van der Waals surface area contributed by atoms with Crippen molar-refractivity contribution in [1.82, 2.24) is 4.90 Å². The molecule has 1 N–H and O–H groups in total. The Morgan fingerprint density at radius 1 is 1.00 bits per heavy atom. The number of carbonyl (C=O) groups is 2. The number of para-hydroxylation sites is 1. The summed E-state index contributed by atoms with van der Waals surface area (Å²) in [5.41, 5.74) is 3.38. The van der Waals surface area contributed by atoms with Gasteiger partial charge in [-0.3, -0.25) is 9.59 Å². The van der Waals surface area contributed by atoms with E-state index in [4.69, 9.17) is 11.6 Å². The fourth-order valence-electron chi connectivity index (χ4n) is 3.23. The van der Waals surface area contributed by atoms with Gasteiger partial charge < -0.3 is 15.1 Å². The van der Waals surface area contributed by atoms with Crippen LogP contribution in [0.4, 0.5) is 11.4 Å². The van der Waals surface area contributed by atoms with E-state index in [1.807, 2.05) is 68.1 Å². The average molecular weight is 400 g/mol. The number of carbonyl (C=O) groups excluding carboxylic acids is 2. The van der Waals surface area contributed by atoms with Gasteiger partial charge in [0.25, 0.3) is 5.91 Å². The molecular formula is C22H26ClN3O2. The molecule has 1 heterocycles. The SMILES string of the molecule is Cc1ccc(C(=O)N2CCN(c3c(Cl)cccc3NC(=O)C(C)C)CC2)cc1. The van der Waals surface area contributed by atoms with Crippen LogP contribution in [0.25, 0.3) is 0 Å². The Kier molecular flexibility index (Phi) is 6.25. The molecule has 3 rings (SSSR count). The van der Waals surface area contributed by atoms with E-state index in [0.717, 1.165) is 11.3 Å². The lowest BCUT2D eigenvalue weighted by Crippen LogP contribution is -2.49. The Morgan fingerprint density at radius 2 is 1.64 bits per heavy atom. The number of nitrogens with zero attached hydrogens (tertiary/aromatic N) is 2. The summed E-state index contributed by atoms with van der Waals surface area (Å²) >= 11 is 6.46. The Labute approximate surface area is 171 Å². The molecule has 0 spiro atoms. The van der Waals surface area contributed by atoms with Crippen LogP contribution in [0, 0.1) is 12.8 Å². The van der Waals surface area contributed by atoms with Crippen LogP contribution in [-0.2, 0) is 4.79 Å². The van der Waals surface area contributed by atoms with Gasteiger partial charge in [-0.05, 0) is 31.2 Å². The quantitative estimate of drug-likeness (QED) is 0.838. The fraction of sp³-hybridized carbons (Fsp3) is 0.364. The Balaban J connectivity index is 1.72. The van der Waals surface area contributed by atoms with E-state index in [2.05, 4.69) is 10.2 Å². The summed E-state index contributed by atoms with van der Waals surface area (Å²) in [5.74, 6) is -0.111. The lowest BCUT2D eigenvalue weighted by Gasteiger charge is -2.37. The maximum atomic E-state index is 12.7. The number of hydrogen-bond acceptors (Lipinski definition) is 3. The Bertz CT molecular complexity index is 857. The molecule has 0 aromatic heterocycles. The first-order valence-electron chi connectivity index (χ1n) is 9.57. The number of piperazine rings is 1. The van der Waals surface area contributed by atoms with Crippen molar-refractivity contribution in [3.63, 3.8) is 0 Å². The second-order valence-electron chi connectivity index (χ2n) is 7.43. The minimum atomic E-state index is -0.115. The third kappa shape index (κ3) is 4.47. The zero-order chi connectivity index (χ0) is 20.3. The average Bonchev–Trinajstić information content (AvgIpc) is 2.68. The summed E-state index contributed by atoms with van der Waals surface area (Å²) in [6.45, 7) is 8.25. The van der Waals surface area contributed by atoms with Gasteiger partial charge in [-0.25, -0.2) is 0 Å². The summed E-state index contributed by atoms with van der Waals surface area (Å²) in [4.78, 5) is 28.9. The molecule has 2 aromatic rings. The highest BCUT2D eigenvalue weighted by atomic mass is 35.5. The molecule has 0 bridgehead atoms. The molecule has 0 unspecified atom stereocenters. The minimum absolute atomic E-state index is 0.0447. The first-order chi connectivity index (χ1) is 13.4. The van der Waals surface area contributed by atoms with Crippen molar-refractivity contribution in [3.05, 3.63) is 58.6 Å². The number of halogens is 1. The summed E-state index contributed by atoms with van der Waals surface area (Å²) in [7, 11) is 0. The van der Waals surface area contributed by atoms with Crippen molar-refractivity contribution in [3.8, 4) is 0 Å². The van der Waals surface area contributed by atoms with Crippen LogP contribution in [0.1, 0.15) is 29.8 Å². The van der Waals surface area contributed by atoms with Crippen molar-refractivity contribution in [2.24, 2.45) is 5.92 Å². The lowest BCUT2D eigenvalue weighted by molar-refractivity contribution is -0.118. The standard InChI is InChI=1S/C22H26ClN3O2/c1-15(2)21(27)24-19-6-4-5-18(23)20(19)25-11-13-26(14-12-25)22(28)17-9-7-16(3)8-10-17/h4-10,15H,11-14H2,1-3H3,(H,24,27). The largest absolute Gasteiger partial charge is 0.365 e. The molecule has 2 amide bonds. The highest BCUT2D eigenvalue weighted by Gasteiger charge is 2.25. The maximum Gasteiger partial charge on any atom is 0.253 e. The maximum absolute atomic E-state index is 12.7. The normalized spacial score (nSPS) is 14.3. The minimum Gasteiger partial charge on any atom is -0.365 e. The first kappa shape index (κ1) is 20.2. The number of amides is 2. The van der Waals surface area contributed by atoms with Crippen molar-refractivity contribution in [1.29, 1.82) is 0 Å². The number of hydrogen-bond donors (Lipinski definition) is 1. The van der Waals surface area contributed by atoms with Crippen LogP contribution in [0.3, 0.4) is 0 Å². The Hall–Kier alpha value is -2.53. The topological polar surface area (TPSA) is 52.7 Å². The smallest absolute Gasteiger partial charge is 0.253 e. The van der Waals surface area contributed by atoms with Crippen molar-refractivity contribution < 1.29 is 9.59 Å². The molecule has 28 heavy (non-hydrogen) atoms. The predicted octanol–water partition coefficient (Wildman–Crippen LogP) is 4.21. The predicted molar refractivity (Wildman–Crippen MR) is 114 cm³/mol. The van der Waals surface area contributed by atoms with Crippen molar-refractivity contribution in [2.75, 3.05) is 36.4 Å². The summed E-state index contributed by atoms with van der Waals surface area (Å²) in [6, 6.07) is 13.2. The van der Waals surface area contributed by atoms with Crippen molar-refractivity contribution in [2.45, 2.75) is 20.8 Å². The van der Waals surface area contributed by atoms with Crippen LogP contribution in [0.15, 0.2) is 42.5 Å². The second kappa shape index (κ2) is 8.65. The van der Waals surface area contributed by atoms with Gasteiger partial charge in [-0.15, -0.1) is 0 Å². The Morgan fingerprint density at radius 3 is 2.25 bits per heavy atom. The molecule has 1 aliphatic rings. The van der Waals surface area contributed by atoms with E-state index in [0.29, 0.717) is 42.5 Å². The molecule has 0 aliphatic carbocycles. The van der Waals surface area contributed by atoms with Crippen molar-refractivity contribution >= 4 is 34.8 Å². The number of anilines is 2. The van der Waals surface area contributed by atoms with Gasteiger partial charge in [0.1, 0.15) is 0 Å². The molecule has 6 heteroatoms. The summed E-state index contributed by atoms with van der Waals surface area (Å²) in [6.07, 6.45) is 0. The number of benzene rings is 2. The highest BCUT2D eigenvalue weighted by molar-refractivity contribution is 6.34. The van der Waals surface area contributed by atoms with E-state index < -0.39 is 0 Å². The number of rotatable bonds is 4. The molecular weight excluding hydrogens is 374 g/mol. The van der Waals surface area contributed by atoms with Crippen LogP contribution >= 0.6 is 11.6 Å². The van der Waals surface area contributed by atoms with Gasteiger partial charge in [0.2, 0.25) is 5.91 Å². The van der Waals surface area contributed by atoms with Crippen LogP contribution in [0.5, 0.6) is 0 Å². The van der Waals surface area contributed by atoms with Crippen LogP contribution in [-0.4, -0.2) is 42.9 Å². The lowest BCUT2D eigenvalue weighted by atomic mass is 10.1. The van der Waals surface area contributed by atoms with Gasteiger partial charge in [0.05, 0.1) is 16.4 Å². The molecule has 1 aliphatic heterocycles. The molecule has 0 radical (unpaired) electrons. The van der Waals surface area contributed by atoms with E-state index in [1.165, 1.54) is 0 Å². The van der Waals surface area contributed by atoms with Gasteiger partial charge in [-0.1, -0.05) is 49.2 Å². The van der Waals surface area contributed by atoms with Gasteiger partial charge in [-0.2, -0.15) is 0 Å². The zero-order valence-corrected chi connectivity index (χ0v) is 17.3. The molecule has 2 aromatic carbocycles. The van der Waals surface area contributed by atoms with E-state index in [-0.39, 0.29) is 17.7 Å². The zero-order valence-electron chi connectivity index (χ0n) is 16.5. The van der Waals surface area contributed by atoms with Gasteiger partial charge in [0.15, 0.2) is 0 Å². The third-order valence-electron chi connectivity index (χ3n) is 4.95. The van der Waals surface area contributed by atoms with E-state index in [1.54, 1.807) is 0 Å². The highest BCUT2D eigenvalue weighted by Crippen LogP contribution is 2.35. The number of nitrogens with one attached hydrogen (secondary N) is 1. The molecule has 1 fully saturated rings. The molecule has 1 saturated heterocycles. The second-order valence-corrected chi connectivity index (χ2v) is 7.83. The van der Waals surface area contributed by atoms with E-state index in [9.17, 15) is 9.59 Å². The molecule has 5 nitrogen and oxygen atoms in total. The van der Waals surface area contributed by atoms with Crippen LogP contribution in [0.2, 0.25) is 5.02 Å². The van der Waals surface area contributed by atoms with Crippen LogP contribution < -0.4 is 10.2 Å². The van der Waals surface area contributed by atoms with Gasteiger partial charge >= 0.3 is 0 Å². The third-order valence-corrected chi connectivity index (χ3v) is 5.26. The monoisotopic (exact) mass is 399 g/mol. The molecule has 148 valence electrons. The van der Waals surface area contributed by atoms with E-state index >= 15 is 0 Å². The molecule has 0 saturated carbocycles. The first-order valence-corrected chi connectivity index (χ1v) is 9.95. The van der Waals surface area contributed by atoms with Gasteiger partial charge in [0, 0.05) is 37.7 Å². The molecule has 0 atom stereocenters. The number of aryl methyl sites for hydroxylation is 1. The summed E-state index contributed by atoms with van der Waals surface area (Å²) < 4.78 is 0.